The number of nitrogens with one attached hydrogen (secondary N) is 1. The fourth-order valence-electron chi connectivity index (χ4n) is 2.28. The van der Waals surface area contributed by atoms with Gasteiger partial charge in [-0.2, -0.15) is 0 Å². The summed E-state index contributed by atoms with van der Waals surface area (Å²) in [5.41, 5.74) is -0.722. The van der Waals surface area contributed by atoms with Gasteiger partial charge in [0.15, 0.2) is 0 Å². The van der Waals surface area contributed by atoms with Crippen LogP contribution in [-0.2, 0) is 9.53 Å². The first-order chi connectivity index (χ1) is 11.5. The quantitative estimate of drug-likeness (QED) is 0.827. The molecule has 5 heteroatoms. The van der Waals surface area contributed by atoms with Crippen LogP contribution in [-0.4, -0.2) is 24.5 Å². The summed E-state index contributed by atoms with van der Waals surface area (Å²) in [5.74, 6) is -0.490. The van der Waals surface area contributed by atoms with E-state index in [1.807, 2.05) is 13.0 Å². The molecular formula is C19H21NO4. The Balaban J connectivity index is 2.22. The molecular weight excluding hydrogens is 306 g/mol. The smallest absolute Gasteiger partial charge is 0.331 e. The highest BCUT2D eigenvalue weighted by Gasteiger charge is 2.40. The van der Waals surface area contributed by atoms with Gasteiger partial charge in [0.25, 0.3) is 5.91 Å². The van der Waals surface area contributed by atoms with Crippen LogP contribution < -0.4 is 5.32 Å². The van der Waals surface area contributed by atoms with Gasteiger partial charge < -0.3 is 14.5 Å². The number of esters is 1. The van der Waals surface area contributed by atoms with Gasteiger partial charge in [-0.25, -0.2) is 4.79 Å². The summed E-state index contributed by atoms with van der Waals surface area (Å²) in [6.45, 7) is 3.48. The first kappa shape index (κ1) is 17.5. The molecule has 1 aromatic carbocycles. The van der Waals surface area contributed by atoms with Gasteiger partial charge in [0, 0.05) is 11.5 Å². The normalized spacial score (nSPS) is 14.8. The average molecular weight is 327 g/mol. The molecule has 0 fully saturated rings. The van der Waals surface area contributed by atoms with Crippen LogP contribution in [0.4, 0.5) is 0 Å². The van der Waals surface area contributed by atoms with Gasteiger partial charge in [0.1, 0.15) is 11.3 Å². The Labute approximate surface area is 141 Å². The number of benzene rings is 1. The van der Waals surface area contributed by atoms with Gasteiger partial charge in [-0.05, 0) is 37.3 Å². The zero-order valence-electron chi connectivity index (χ0n) is 14.0. The number of ether oxygens (including phenoxy) is 1. The number of methoxy groups -OCH3 is 1. The minimum absolute atomic E-state index is 0.317. The Morgan fingerprint density at radius 2 is 1.92 bits per heavy atom. The van der Waals surface area contributed by atoms with Crippen molar-refractivity contribution in [3.05, 3.63) is 66.1 Å². The van der Waals surface area contributed by atoms with E-state index in [0.29, 0.717) is 11.3 Å². The van der Waals surface area contributed by atoms with E-state index in [1.165, 1.54) is 7.11 Å². The number of rotatable bonds is 6. The molecule has 1 aromatic heterocycles. The molecule has 2 aromatic rings. The maximum atomic E-state index is 12.5. The van der Waals surface area contributed by atoms with E-state index in [9.17, 15) is 9.59 Å². The molecule has 1 amide bonds. The van der Waals surface area contributed by atoms with Crippen LogP contribution in [0.15, 0.2) is 59.2 Å². The van der Waals surface area contributed by atoms with Crippen LogP contribution in [0, 0.1) is 5.92 Å². The molecule has 0 aliphatic carbocycles. The van der Waals surface area contributed by atoms with Crippen molar-refractivity contribution in [3.8, 4) is 0 Å². The molecule has 1 heterocycles. The van der Waals surface area contributed by atoms with Gasteiger partial charge >= 0.3 is 5.97 Å². The van der Waals surface area contributed by atoms with E-state index >= 15 is 0 Å². The molecule has 0 unspecified atom stereocenters. The summed E-state index contributed by atoms with van der Waals surface area (Å²) in [6, 6.07) is 12.3. The second-order valence-corrected chi connectivity index (χ2v) is 5.68. The highest BCUT2D eigenvalue weighted by molar-refractivity contribution is 5.98. The zero-order chi connectivity index (χ0) is 17.6. The molecule has 0 bridgehead atoms. The maximum absolute atomic E-state index is 12.5. The fourth-order valence-corrected chi connectivity index (χ4v) is 2.28. The first-order valence-corrected chi connectivity index (χ1v) is 7.65. The highest BCUT2D eigenvalue weighted by atomic mass is 16.5. The molecule has 0 saturated heterocycles. The van der Waals surface area contributed by atoms with Crippen LogP contribution in [0.25, 0.3) is 6.08 Å². The number of hydrogen-bond acceptors (Lipinski definition) is 4. The van der Waals surface area contributed by atoms with Gasteiger partial charge in [0.05, 0.1) is 13.4 Å². The van der Waals surface area contributed by atoms with Crippen molar-refractivity contribution < 1.29 is 18.7 Å². The van der Waals surface area contributed by atoms with Crippen LogP contribution in [0.3, 0.4) is 0 Å². The second kappa shape index (κ2) is 7.64. The van der Waals surface area contributed by atoms with Crippen molar-refractivity contribution in [2.45, 2.75) is 19.4 Å². The monoisotopic (exact) mass is 327 g/mol. The van der Waals surface area contributed by atoms with E-state index in [1.54, 1.807) is 61.7 Å². The molecule has 24 heavy (non-hydrogen) atoms. The Kier molecular flexibility index (Phi) is 5.58. The van der Waals surface area contributed by atoms with Crippen molar-refractivity contribution in [1.29, 1.82) is 0 Å². The van der Waals surface area contributed by atoms with Crippen molar-refractivity contribution in [2.75, 3.05) is 7.11 Å². The second-order valence-electron chi connectivity index (χ2n) is 5.68. The lowest BCUT2D eigenvalue weighted by Crippen LogP contribution is -2.56. The molecule has 2 rings (SSSR count). The van der Waals surface area contributed by atoms with Crippen LogP contribution >= 0.6 is 0 Å². The average Bonchev–Trinajstić information content (AvgIpc) is 3.12. The minimum Gasteiger partial charge on any atom is -0.467 e. The Hall–Kier alpha value is -2.82. The fraction of sp³-hybridized carbons (Fsp3) is 0.263. The molecule has 5 nitrogen and oxygen atoms in total. The lowest BCUT2D eigenvalue weighted by atomic mass is 9.86. The molecule has 2 atom stereocenters. The van der Waals surface area contributed by atoms with Crippen LogP contribution in [0.5, 0.6) is 0 Å². The summed E-state index contributed by atoms with van der Waals surface area (Å²) < 4.78 is 10.1. The summed E-state index contributed by atoms with van der Waals surface area (Å²) in [6.07, 6.45) is 5.14. The highest BCUT2D eigenvalue weighted by Crippen LogP contribution is 2.22. The summed E-state index contributed by atoms with van der Waals surface area (Å²) in [5, 5.41) is 2.79. The van der Waals surface area contributed by atoms with Gasteiger partial charge in [-0.15, -0.1) is 0 Å². The van der Waals surface area contributed by atoms with E-state index in [2.05, 4.69) is 5.32 Å². The third-order valence-electron chi connectivity index (χ3n) is 4.02. The lowest BCUT2D eigenvalue weighted by Gasteiger charge is -2.32. The first-order valence-electron chi connectivity index (χ1n) is 7.65. The van der Waals surface area contributed by atoms with Crippen molar-refractivity contribution in [1.82, 2.24) is 5.32 Å². The SMILES string of the molecule is COC(=O)[C@](C)(NC(=O)c1ccccc1)[C@@H](C)/C=C/c1ccco1. The van der Waals surface area contributed by atoms with Crippen LogP contribution in [0.1, 0.15) is 30.0 Å². The molecule has 0 spiro atoms. The lowest BCUT2D eigenvalue weighted by molar-refractivity contribution is -0.148. The third kappa shape index (κ3) is 3.93. The van der Waals surface area contributed by atoms with E-state index < -0.39 is 11.5 Å². The number of furan rings is 1. The predicted octanol–water partition coefficient (Wildman–Crippen LogP) is 3.29. The Bertz CT molecular complexity index is 706. The standard InChI is InChI=1S/C19H21NO4/c1-14(11-12-16-10-7-13-24-16)19(2,18(22)23-3)20-17(21)15-8-5-4-6-9-15/h4-14H,1-3H3,(H,20,21)/b12-11+/t14-,19+/m0/s1. The summed E-state index contributed by atoms with van der Waals surface area (Å²) in [4.78, 5) is 24.8. The van der Waals surface area contributed by atoms with Crippen molar-refractivity contribution in [3.63, 3.8) is 0 Å². The predicted molar refractivity (Wildman–Crippen MR) is 91.2 cm³/mol. The van der Waals surface area contributed by atoms with Gasteiger partial charge in [0.2, 0.25) is 0 Å². The minimum atomic E-state index is -1.20. The van der Waals surface area contributed by atoms with Crippen molar-refractivity contribution >= 4 is 18.0 Å². The number of carbonyl (C=O) groups excluding carboxylic acids is 2. The van der Waals surface area contributed by atoms with E-state index in [-0.39, 0.29) is 11.8 Å². The molecule has 0 radical (unpaired) electrons. The third-order valence-corrected chi connectivity index (χ3v) is 4.02. The Morgan fingerprint density at radius 1 is 1.21 bits per heavy atom. The topological polar surface area (TPSA) is 68.5 Å². The summed E-state index contributed by atoms with van der Waals surface area (Å²) >= 11 is 0. The molecule has 1 N–H and O–H groups in total. The van der Waals surface area contributed by atoms with E-state index in [0.717, 1.165) is 0 Å². The number of hydrogen-bond donors (Lipinski definition) is 1. The zero-order valence-corrected chi connectivity index (χ0v) is 14.0. The van der Waals surface area contributed by atoms with E-state index in [4.69, 9.17) is 9.15 Å². The number of amides is 1. The number of carbonyl (C=O) groups is 2. The van der Waals surface area contributed by atoms with Gasteiger partial charge in [-0.1, -0.05) is 31.2 Å². The summed E-state index contributed by atoms with van der Waals surface area (Å²) in [7, 11) is 1.30. The molecule has 0 aliphatic heterocycles. The molecule has 126 valence electrons. The molecule has 0 aliphatic rings. The van der Waals surface area contributed by atoms with Crippen LogP contribution in [0.2, 0.25) is 0 Å². The maximum Gasteiger partial charge on any atom is 0.331 e. The molecule has 0 saturated carbocycles. The van der Waals surface area contributed by atoms with Gasteiger partial charge in [-0.3, -0.25) is 4.79 Å². The Morgan fingerprint density at radius 3 is 2.50 bits per heavy atom. The van der Waals surface area contributed by atoms with Crippen molar-refractivity contribution in [2.24, 2.45) is 5.92 Å². The largest absolute Gasteiger partial charge is 0.467 e.